The van der Waals surface area contributed by atoms with Crippen molar-refractivity contribution in [2.75, 3.05) is 31.1 Å². The molecule has 3 heterocycles. The van der Waals surface area contributed by atoms with Gasteiger partial charge in [0.2, 0.25) is 15.8 Å². The normalized spacial score (nSPS) is 16.7. The Balaban J connectivity index is 1.48. The quantitative estimate of drug-likeness (QED) is 0.492. The second kappa shape index (κ2) is 8.60. The number of amides is 1. The molecule has 0 aliphatic carbocycles. The van der Waals surface area contributed by atoms with Gasteiger partial charge >= 0.3 is 5.82 Å². The molecule has 11 heteroatoms. The number of carbonyl (C=O) groups is 1. The predicted octanol–water partition coefficient (Wildman–Crippen LogP) is 2.13. The number of carbonyl (C=O) groups excluding carboxylic acids is 1. The van der Waals surface area contributed by atoms with Crippen LogP contribution in [-0.2, 0) is 21.2 Å². The van der Waals surface area contributed by atoms with Gasteiger partial charge < -0.3 is 19.8 Å². The summed E-state index contributed by atoms with van der Waals surface area (Å²) in [5.74, 6) is -0.906. The molecule has 10 nitrogen and oxygen atoms in total. The molecular formula is C20H22N4O6S. The van der Waals surface area contributed by atoms with E-state index >= 15 is 0 Å². The number of sulfonamides is 1. The summed E-state index contributed by atoms with van der Waals surface area (Å²) in [6.07, 6.45) is 4.57. The minimum atomic E-state index is -3.55. The van der Waals surface area contributed by atoms with E-state index in [0.717, 1.165) is 24.8 Å². The van der Waals surface area contributed by atoms with Gasteiger partial charge in [-0.3, -0.25) is 4.79 Å². The van der Waals surface area contributed by atoms with Gasteiger partial charge in [-0.05, 0) is 65.1 Å². The third kappa shape index (κ3) is 4.23. The Morgan fingerprint density at radius 3 is 2.68 bits per heavy atom. The maximum Gasteiger partial charge on any atom is 0.406 e. The zero-order valence-corrected chi connectivity index (χ0v) is 17.6. The van der Waals surface area contributed by atoms with Gasteiger partial charge in [0.05, 0.1) is 4.90 Å². The van der Waals surface area contributed by atoms with Crippen molar-refractivity contribution in [3.05, 3.63) is 52.2 Å². The smallest absolute Gasteiger partial charge is 0.406 e. The number of fused-ring (bicyclic) bond motifs is 1. The summed E-state index contributed by atoms with van der Waals surface area (Å²) >= 11 is 0. The number of hydrogen-bond donors (Lipinski definition) is 0. The monoisotopic (exact) mass is 446 g/mol. The molecule has 2 aliphatic heterocycles. The van der Waals surface area contributed by atoms with Crippen molar-refractivity contribution in [1.82, 2.24) is 9.29 Å². The van der Waals surface area contributed by atoms with E-state index in [9.17, 15) is 23.3 Å². The molecule has 0 saturated carbocycles. The number of nitro groups is 1. The van der Waals surface area contributed by atoms with Crippen LogP contribution in [-0.4, -0.2) is 54.8 Å². The summed E-state index contributed by atoms with van der Waals surface area (Å²) in [6, 6.07) is 7.68. The van der Waals surface area contributed by atoms with Gasteiger partial charge in [-0.1, -0.05) is 6.42 Å². The maximum absolute atomic E-state index is 12.9. The van der Waals surface area contributed by atoms with Gasteiger partial charge in [0, 0.05) is 25.3 Å². The topological polar surface area (TPSA) is 123 Å². The summed E-state index contributed by atoms with van der Waals surface area (Å²) in [7, 11) is -3.55. The fourth-order valence-electron chi connectivity index (χ4n) is 3.90. The molecule has 0 N–H and O–H groups in total. The molecule has 0 bridgehead atoms. The van der Waals surface area contributed by atoms with Gasteiger partial charge in [-0.2, -0.15) is 4.31 Å². The van der Waals surface area contributed by atoms with Gasteiger partial charge in [0.1, 0.15) is 6.20 Å². The number of ether oxygens (including phenoxy) is 1. The first-order valence-electron chi connectivity index (χ1n) is 10.0. The lowest BCUT2D eigenvalue weighted by molar-refractivity contribution is -0.390. The average molecular weight is 446 g/mol. The molecular weight excluding hydrogens is 424 g/mol. The fraction of sp³-hybridized carbons (Fsp3) is 0.400. The van der Waals surface area contributed by atoms with Crippen LogP contribution in [0.2, 0.25) is 0 Å². The lowest BCUT2D eigenvalue weighted by Gasteiger charge is -2.26. The number of benzene rings is 1. The van der Waals surface area contributed by atoms with Crippen molar-refractivity contribution in [3.8, 4) is 5.75 Å². The fourth-order valence-corrected chi connectivity index (χ4v) is 5.47. The molecule has 1 amide bonds. The molecule has 1 fully saturated rings. The maximum atomic E-state index is 12.9. The van der Waals surface area contributed by atoms with E-state index in [2.05, 4.69) is 4.98 Å². The summed E-state index contributed by atoms with van der Waals surface area (Å²) < 4.78 is 32.7. The third-order valence-electron chi connectivity index (χ3n) is 5.48. The summed E-state index contributed by atoms with van der Waals surface area (Å²) in [5.41, 5.74) is 1.41. The highest BCUT2D eigenvalue weighted by Crippen LogP contribution is 2.32. The molecule has 1 saturated heterocycles. The van der Waals surface area contributed by atoms with E-state index in [-0.39, 0.29) is 23.2 Å². The first-order chi connectivity index (χ1) is 14.9. The lowest BCUT2D eigenvalue weighted by atomic mass is 10.2. The highest BCUT2D eigenvalue weighted by molar-refractivity contribution is 7.89. The number of anilines is 1. The van der Waals surface area contributed by atoms with Crippen LogP contribution in [0.3, 0.4) is 0 Å². The predicted molar refractivity (Wildman–Crippen MR) is 111 cm³/mol. The highest BCUT2D eigenvalue weighted by Gasteiger charge is 2.30. The molecule has 1 aromatic carbocycles. The minimum absolute atomic E-state index is 0.0803. The summed E-state index contributed by atoms with van der Waals surface area (Å²) in [4.78, 5) is 28.4. The van der Waals surface area contributed by atoms with E-state index in [0.29, 0.717) is 31.7 Å². The van der Waals surface area contributed by atoms with Crippen LogP contribution < -0.4 is 9.64 Å². The van der Waals surface area contributed by atoms with Crippen molar-refractivity contribution < 1.29 is 22.9 Å². The Morgan fingerprint density at radius 1 is 1.16 bits per heavy atom. The van der Waals surface area contributed by atoms with Gasteiger partial charge in [-0.25, -0.2) is 8.42 Å². The van der Waals surface area contributed by atoms with Crippen LogP contribution in [0.5, 0.6) is 5.75 Å². The first-order valence-corrected chi connectivity index (χ1v) is 11.5. The van der Waals surface area contributed by atoms with Gasteiger partial charge in [-0.15, -0.1) is 0 Å². The Hall–Kier alpha value is -3.05. The highest BCUT2D eigenvalue weighted by atomic mass is 32.2. The first kappa shape index (κ1) is 21.2. The number of piperidine rings is 1. The molecule has 31 heavy (non-hydrogen) atoms. The Labute approximate surface area is 179 Å². The molecule has 0 unspecified atom stereocenters. The second-order valence-electron chi connectivity index (χ2n) is 7.42. The third-order valence-corrected chi connectivity index (χ3v) is 7.37. The van der Waals surface area contributed by atoms with E-state index in [4.69, 9.17) is 4.74 Å². The lowest BCUT2D eigenvalue weighted by Crippen LogP contribution is -2.35. The molecule has 0 spiro atoms. The second-order valence-corrected chi connectivity index (χ2v) is 9.36. The van der Waals surface area contributed by atoms with Crippen LogP contribution in [0.25, 0.3) is 0 Å². The number of nitrogens with zero attached hydrogens (tertiary/aromatic N) is 4. The van der Waals surface area contributed by atoms with Crippen LogP contribution in [0.4, 0.5) is 11.5 Å². The molecule has 1 aromatic heterocycles. The van der Waals surface area contributed by atoms with Crippen molar-refractivity contribution in [1.29, 1.82) is 0 Å². The largest absolute Gasteiger partial charge is 0.476 e. The van der Waals surface area contributed by atoms with Crippen LogP contribution >= 0.6 is 0 Å². The SMILES string of the molecule is O=C(COc1cccnc1[N+](=O)[O-])N1CCc2cc(S(=O)(=O)N3CCCCC3)ccc21. The molecule has 0 atom stereocenters. The number of rotatable bonds is 6. The van der Waals surface area contributed by atoms with E-state index in [1.807, 2.05) is 0 Å². The molecule has 164 valence electrons. The molecule has 4 rings (SSSR count). The van der Waals surface area contributed by atoms with E-state index < -0.39 is 20.8 Å². The Bertz CT molecular complexity index is 1110. The zero-order valence-electron chi connectivity index (χ0n) is 16.8. The van der Waals surface area contributed by atoms with E-state index in [1.54, 1.807) is 12.1 Å². The molecule has 2 aliphatic rings. The van der Waals surface area contributed by atoms with Crippen molar-refractivity contribution >= 4 is 27.4 Å². The number of pyridine rings is 1. The molecule has 2 aromatic rings. The minimum Gasteiger partial charge on any atom is -0.476 e. The standard InChI is InChI=1S/C20H22N4O6S/c25-19(14-30-18-5-4-9-21-20(18)24(26)27)23-12-8-15-13-16(6-7-17(15)23)31(28,29)22-10-2-1-3-11-22/h4-7,9,13H,1-3,8,10-12,14H2. The zero-order chi connectivity index (χ0) is 22.0. The van der Waals surface area contributed by atoms with E-state index in [1.165, 1.54) is 33.6 Å². The molecule has 0 radical (unpaired) electrons. The van der Waals surface area contributed by atoms with Crippen LogP contribution in [0.1, 0.15) is 24.8 Å². The van der Waals surface area contributed by atoms with Gasteiger partial charge in [0.15, 0.2) is 6.61 Å². The van der Waals surface area contributed by atoms with Crippen molar-refractivity contribution in [2.45, 2.75) is 30.6 Å². The summed E-state index contributed by atoms with van der Waals surface area (Å²) in [6.45, 7) is 1.06. The Morgan fingerprint density at radius 2 is 1.94 bits per heavy atom. The Kier molecular flexibility index (Phi) is 5.88. The summed E-state index contributed by atoms with van der Waals surface area (Å²) in [5, 5.41) is 11.0. The van der Waals surface area contributed by atoms with Crippen LogP contribution in [0, 0.1) is 10.1 Å². The van der Waals surface area contributed by atoms with Crippen molar-refractivity contribution in [3.63, 3.8) is 0 Å². The number of hydrogen-bond acceptors (Lipinski definition) is 7. The van der Waals surface area contributed by atoms with Crippen LogP contribution in [0.15, 0.2) is 41.4 Å². The van der Waals surface area contributed by atoms with Gasteiger partial charge in [0.25, 0.3) is 5.91 Å². The number of aromatic nitrogens is 1. The average Bonchev–Trinajstić information content (AvgIpc) is 3.21. The van der Waals surface area contributed by atoms with Crippen molar-refractivity contribution in [2.24, 2.45) is 0 Å².